The van der Waals surface area contributed by atoms with Crippen molar-refractivity contribution in [1.82, 2.24) is 0 Å². The van der Waals surface area contributed by atoms with Crippen molar-refractivity contribution in [2.24, 2.45) is 17.8 Å². The van der Waals surface area contributed by atoms with Crippen molar-refractivity contribution < 1.29 is 17.6 Å². The molecule has 4 heteroatoms. The molecule has 0 nitrogen and oxygen atoms in total. The molecule has 2 aromatic carbocycles. The lowest BCUT2D eigenvalue weighted by Gasteiger charge is -2.36. The van der Waals surface area contributed by atoms with Crippen LogP contribution in [0.3, 0.4) is 0 Å². The standard InChI is InChI=1S/C29H30F4/c1-2-3-4-5-19-6-9-21(10-7-19)23-14-15-25-24(18-23)13-12-22(28(25)32)11-8-20-16-26(30)29(33)27(31)17-20/h2-3,12-13,16-17,19,21,23H,4-7,9-10,14-15,18H2,1H3/b3-2+. The summed E-state index contributed by atoms with van der Waals surface area (Å²) < 4.78 is 55.0. The topological polar surface area (TPSA) is 0 Å². The molecule has 2 aliphatic rings. The average molecular weight is 455 g/mol. The molecule has 4 rings (SSSR count). The molecule has 0 spiro atoms. The number of benzene rings is 2. The summed E-state index contributed by atoms with van der Waals surface area (Å²) in [5, 5.41) is 0. The highest BCUT2D eigenvalue weighted by molar-refractivity contribution is 5.47. The molecule has 1 fully saturated rings. The summed E-state index contributed by atoms with van der Waals surface area (Å²) in [6.45, 7) is 2.07. The van der Waals surface area contributed by atoms with Gasteiger partial charge >= 0.3 is 0 Å². The largest absolute Gasteiger partial charge is 0.205 e. The zero-order valence-corrected chi connectivity index (χ0v) is 19.1. The lowest BCUT2D eigenvalue weighted by atomic mass is 9.69. The van der Waals surface area contributed by atoms with Gasteiger partial charge in [0.05, 0.1) is 5.56 Å². The Morgan fingerprint density at radius 1 is 0.879 bits per heavy atom. The fraction of sp³-hybridized carbons (Fsp3) is 0.448. The Bertz CT molecular complexity index is 1060. The summed E-state index contributed by atoms with van der Waals surface area (Å²) in [5.41, 5.74) is 1.96. The third-order valence-electron chi connectivity index (χ3n) is 7.45. The second kappa shape index (κ2) is 10.6. The van der Waals surface area contributed by atoms with Gasteiger partial charge in [0.1, 0.15) is 5.82 Å². The van der Waals surface area contributed by atoms with Crippen LogP contribution in [0.15, 0.2) is 36.4 Å². The van der Waals surface area contributed by atoms with E-state index in [4.69, 9.17) is 0 Å². The normalized spacial score (nSPS) is 22.6. The summed E-state index contributed by atoms with van der Waals surface area (Å²) in [5.74, 6) is 2.93. The molecule has 0 amide bonds. The minimum Gasteiger partial charge on any atom is -0.205 e. The van der Waals surface area contributed by atoms with Gasteiger partial charge in [-0.3, -0.25) is 0 Å². The van der Waals surface area contributed by atoms with E-state index in [1.807, 2.05) is 6.07 Å². The molecule has 0 aromatic heterocycles. The Morgan fingerprint density at radius 3 is 2.30 bits per heavy atom. The van der Waals surface area contributed by atoms with E-state index in [2.05, 4.69) is 30.9 Å². The number of fused-ring (bicyclic) bond motifs is 1. The highest BCUT2D eigenvalue weighted by atomic mass is 19.2. The zero-order valence-electron chi connectivity index (χ0n) is 19.1. The molecule has 0 heterocycles. The van der Waals surface area contributed by atoms with Gasteiger partial charge in [-0.1, -0.05) is 42.9 Å². The van der Waals surface area contributed by atoms with E-state index < -0.39 is 17.5 Å². The molecule has 2 aliphatic carbocycles. The first-order valence-electron chi connectivity index (χ1n) is 12.0. The number of hydrogen-bond donors (Lipinski definition) is 0. The summed E-state index contributed by atoms with van der Waals surface area (Å²) >= 11 is 0. The van der Waals surface area contributed by atoms with Gasteiger partial charge in [0.2, 0.25) is 0 Å². The van der Waals surface area contributed by atoms with E-state index in [1.54, 1.807) is 6.07 Å². The minimum atomic E-state index is -1.53. The first-order chi connectivity index (χ1) is 16.0. The Morgan fingerprint density at radius 2 is 1.61 bits per heavy atom. The first-order valence-corrected chi connectivity index (χ1v) is 12.0. The van der Waals surface area contributed by atoms with E-state index in [9.17, 15) is 13.2 Å². The quantitative estimate of drug-likeness (QED) is 0.191. The van der Waals surface area contributed by atoms with Crippen LogP contribution in [-0.4, -0.2) is 0 Å². The number of rotatable bonds is 4. The van der Waals surface area contributed by atoms with E-state index in [0.717, 1.165) is 47.9 Å². The van der Waals surface area contributed by atoms with Crippen LogP contribution in [0.2, 0.25) is 0 Å². The second-order valence-electron chi connectivity index (χ2n) is 9.50. The van der Waals surface area contributed by atoms with Crippen molar-refractivity contribution in [1.29, 1.82) is 0 Å². The summed E-state index contributed by atoms with van der Waals surface area (Å²) in [6.07, 6.45) is 14.6. The lowest BCUT2D eigenvalue weighted by Crippen LogP contribution is -2.27. The SMILES string of the molecule is C/C=C/CCC1CCC(C2CCc3c(ccc(C#Cc4cc(F)c(F)c(F)c4)c3F)C2)CC1. The number of hydrogen-bond acceptors (Lipinski definition) is 0. The Kier molecular flexibility index (Phi) is 7.58. The van der Waals surface area contributed by atoms with E-state index in [-0.39, 0.29) is 16.9 Å². The number of halogens is 4. The maximum atomic E-state index is 15.1. The molecule has 0 radical (unpaired) electrons. The molecule has 1 unspecified atom stereocenters. The van der Waals surface area contributed by atoms with Gasteiger partial charge < -0.3 is 0 Å². The van der Waals surface area contributed by atoms with Crippen LogP contribution in [0.4, 0.5) is 17.6 Å². The summed E-state index contributed by atoms with van der Waals surface area (Å²) in [4.78, 5) is 0. The van der Waals surface area contributed by atoms with E-state index in [1.165, 1.54) is 38.5 Å². The van der Waals surface area contributed by atoms with E-state index in [0.29, 0.717) is 12.3 Å². The van der Waals surface area contributed by atoms with Gasteiger partial charge in [-0.2, -0.15) is 0 Å². The van der Waals surface area contributed by atoms with Crippen LogP contribution in [0.1, 0.15) is 74.1 Å². The molecular weight excluding hydrogens is 424 g/mol. The number of allylic oxidation sites excluding steroid dienone is 2. The van der Waals surface area contributed by atoms with Crippen molar-refractivity contribution in [3.8, 4) is 11.8 Å². The smallest absolute Gasteiger partial charge is 0.194 e. The molecule has 174 valence electrons. The third kappa shape index (κ3) is 5.52. The Labute approximate surface area is 194 Å². The van der Waals surface area contributed by atoms with E-state index >= 15 is 4.39 Å². The van der Waals surface area contributed by atoms with Crippen LogP contribution >= 0.6 is 0 Å². The molecule has 0 N–H and O–H groups in total. The third-order valence-corrected chi connectivity index (χ3v) is 7.45. The van der Waals surface area contributed by atoms with Crippen molar-refractivity contribution in [2.75, 3.05) is 0 Å². The highest BCUT2D eigenvalue weighted by Gasteiger charge is 2.31. The molecule has 33 heavy (non-hydrogen) atoms. The molecule has 0 aliphatic heterocycles. The first kappa shape index (κ1) is 23.6. The van der Waals surface area contributed by atoms with Crippen molar-refractivity contribution in [2.45, 2.75) is 64.7 Å². The summed E-state index contributed by atoms with van der Waals surface area (Å²) in [7, 11) is 0. The van der Waals surface area contributed by atoms with Gasteiger partial charge in [0.25, 0.3) is 0 Å². The van der Waals surface area contributed by atoms with Crippen LogP contribution in [-0.2, 0) is 12.8 Å². The van der Waals surface area contributed by atoms with Crippen molar-refractivity contribution >= 4 is 0 Å². The highest BCUT2D eigenvalue weighted by Crippen LogP contribution is 2.41. The maximum Gasteiger partial charge on any atom is 0.194 e. The molecule has 0 saturated heterocycles. The van der Waals surface area contributed by atoms with Gasteiger partial charge in [-0.05, 0) is 98.9 Å². The van der Waals surface area contributed by atoms with Crippen LogP contribution in [0.25, 0.3) is 0 Å². The second-order valence-corrected chi connectivity index (χ2v) is 9.50. The van der Waals surface area contributed by atoms with Gasteiger partial charge in [-0.15, -0.1) is 0 Å². The molecule has 0 bridgehead atoms. The monoisotopic (exact) mass is 454 g/mol. The van der Waals surface area contributed by atoms with Gasteiger partial charge in [0, 0.05) is 5.56 Å². The molecule has 2 aromatic rings. The molecule has 1 saturated carbocycles. The predicted molar refractivity (Wildman–Crippen MR) is 124 cm³/mol. The minimum absolute atomic E-state index is 0.0232. The molecule has 1 atom stereocenters. The zero-order chi connectivity index (χ0) is 23.4. The fourth-order valence-corrected chi connectivity index (χ4v) is 5.55. The van der Waals surface area contributed by atoms with Crippen LogP contribution in [0, 0.1) is 52.9 Å². The van der Waals surface area contributed by atoms with Crippen LogP contribution < -0.4 is 0 Å². The van der Waals surface area contributed by atoms with Crippen molar-refractivity contribution in [3.63, 3.8) is 0 Å². The maximum absolute atomic E-state index is 15.1. The Hall–Kier alpha value is -2.54. The lowest BCUT2D eigenvalue weighted by molar-refractivity contribution is 0.184. The summed E-state index contributed by atoms with van der Waals surface area (Å²) in [6, 6.07) is 5.24. The predicted octanol–water partition coefficient (Wildman–Crippen LogP) is 7.91. The Balaban J connectivity index is 1.41. The molecular formula is C29H30F4. The fourth-order valence-electron chi connectivity index (χ4n) is 5.55. The average Bonchev–Trinajstić information content (AvgIpc) is 2.82. The van der Waals surface area contributed by atoms with Crippen LogP contribution in [0.5, 0.6) is 0 Å². The van der Waals surface area contributed by atoms with Gasteiger partial charge in [0.15, 0.2) is 17.5 Å². The van der Waals surface area contributed by atoms with Crippen molar-refractivity contribution in [3.05, 3.63) is 81.9 Å². The van der Waals surface area contributed by atoms with Gasteiger partial charge in [-0.25, -0.2) is 17.6 Å².